The molecule has 1 atom stereocenters. The third-order valence-corrected chi connectivity index (χ3v) is 4.19. The van der Waals surface area contributed by atoms with Crippen LogP contribution < -0.4 is 4.72 Å². The Bertz CT molecular complexity index is 617. The lowest BCUT2D eigenvalue weighted by Gasteiger charge is -2.10. The van der Waals surface area contributed by atoms with Gasteiger partial charge in [0.1, 0.15) is 0 Å². The number of rotatable bonds is 7. The van der Waals surface area contributed by atoms with Crippen LogP contribution in [0.5, 0.6) is 0 Å². The molecule has 0 aliphatic rings. The molecule has 1 rings (SSSR count). The second kappa shape index (κ2) is 7.76. The van der Waals surface area contributed by atoms with Crippen molar-refractivity contribution in [3.05, 3.63) is 29.8 Å². The predicted molar refractivity (Wildman–Crippen MR) is 76.9 cm³/mol. The van der Waals surface area contributed by atoms with Crippen molar-refractivity contribution in [3.8, 4) is 6.07 Å². The summed E-state index contributed by atoms with van der Waals surface area (Å²) in [5.41, 5.74) is 0.408. The van der Waals surface area contributed by atoms with Gasteiger partial charge in [0, 0.05) is 6.54 Å². The van der Waals surface area contributed by atoms with E-state index in [0.29, 0.717) is 18.5 Å². The van der Waals surface area contributed by atoms with Crippen LogP contribution in [0.25, 0.3) is 0 Å². The summed E-state index contributed by atoms with van der Waals surface area (Å²) in [6.45, 7) is 4.06. The Hall–Kier alpha value is -1.91. The number of nitriles is 1. The zero-order chi connectivity index (χ0) is 15.9. The molecule has 0 bridgehead atoms. The first kappa shape index (κ1) is 17.1. The highest BCUT2D eigenvalue weighted by Crippen LogP contribution is 2.19. The average Bonchev–Trinajstić information content (AvgIpc) is 2.47. The van der Waals surface area contributed by atoms with Crippen LogP contribution in [0.4, 0.5) is 0 Å². The zero-order valence-corrected chi connectivity index (χ0v) is 12.8. The molecule has 1 aromatic carbocycles. The maximum absolute atomic E-state index is 11.9. The third kappa shape index (κ3) is 4.55. The van der Waals surface area contributed by atoms with Crippen molar-refractivity contribution in [1.29, 1.82) is 5.26 Å². The van der Waals surface area contributed by atoms with Crippen LogP contribution in [-0.4, -0.2) is 27.5 Å². The molecule has 0 radical (unpaired) electrons. The number of sulfonamides is 1. The Balaban J connectivity index is 2.96. The molecule has 1 N–H and O–H groups in total. The van der Waals surface area contributed by atoms with Gasteiger partial charge in [-0.05, 0) is 31.0 Å². The van der Waals surface area contributed by atoms with Crippen LogP contribution in [0.1, 0.15) is 31.7 Å². The number of nitrogens with zero attached hydrogens (tertiary/aromatic N) is 1. The van der Waals surface area contributed by atoms with E-state index in [1.54, 1.807) is 6.92 Å². The monoisotopic (exact) mass is 310 g/mol. The third-order valence-electron chi connectivity index (χ3n) is 2.72. The first-order valence-electron chi connectivity index (χ1n) is 6.62. The van der Waals surface area contributed by atoms with E-state index in [1.807, 2.05) is 13.0 Å². The summed E-state index contributed by atoms with van der Waals surface area (Å²) in [4.78, 5) is 11.7. The van der Waals surface area contributed by atoms with Gasteiger partial charge in [0.25, 0.3) is 0 Å². The van der Waals surface area contributed by atoms with E-state index >= 15 is 0 Å². The Morgan fingerprint density at radius 2 is 1.95 bits per heavy atom. The summed E-state index contributed by atoms with van der Waals surface area (Å²) in [5.74, 6) is -1.69. The SMILES string of the molecule is CCCNS(=O)(=O)c1ccc(C(C#N)C(=O)OCC)cc1. The van der Waals surface area contributed by atoms with Crippen molar-refractivity contribution in [3.63, 3.8) is 0 Å². The van der Waals surface area contributed by atoms with Crippen LogP contribution in [0.15, 0.2) is 29.2 Å². The van der Waals surface area contributed by atoms with E-state index in [4.69, 9.17) is 10.00 Å². The van der Waals surface area contributed by atoms with Crippen molar-refractivity contribution >= 4 is 16.0 Å². The Labute approximate surface area is 124 Å². The Morgan fingerprint density at radius 3 is 2.43 bits per heavy atom. The summed E-state index contributed by atoms with van der Waals surface area (Å²) < 4.78 is 31.1. The lowest BCUT2D eigenvalue weighted by molar-refractivity contribution is -0.143. The lowest BCUT2D eigenvalue weighted by atomic mass is 10.0. The van der Waals surface area contributed by atoms with E-state index in [2.05, 4.69) is 4.72 Å². The second-order valence-electron chi connectivity index (χ2n) is 4.28. The number of nitrogens with one attached hydrogen (secondary N) is 1. The molecule has 114 valence electrons. The summed E-state index contributed by atoms with van der Waals surface area (Å²) >= 11 is 0. The summed E-state index contributed by atoms with van der Waals surface area (Å²) in [7, 11) is -3.55. The quantitative estimate of drug-likeness (QED) is 0.771. The van der Waals surface area contributed by atoms with E-state index in [-0.39, 0.29) is 11.5 Å². The number of carbonyl (C=O) groups excluding carboxylic acids is 1. The lowest BCUT2D eigenvalue weighted by Crippen LogP contribution is -2.24. The number of esters is 1. The molecule has 21 heavy (non-hydrogen) atoms. The summed E-state index contributed by atoms with van der Waals surface area (Å²) in [6, 6.07) is 7.50. The maximum Gasteiger partial charge on any atom is 0.327 e. The van der Waals surface area contributed by atoms with Gasteiger partial charge in [-0.25, -0.2) is 13.1 Å². The molecule has 0 aromatic heterocycles. The molecule has 0 saturated heterocycles. The normalized spacial score (nSPS) is 12.4. The van der Waals surface area contributed by atoms with Crippen molar-refractivity contribution in [2.75, 3.05) is 13.2 Å². The minimum atomic E-state index is -3.55. The van der Waals surface area contributed by atoms with Crippen LogP contribution in [-0.2, 0) is 19.6 Å². The highest BCUT2D eigenvalue weighted by atomic mass is 32.2. The molecule has 6 nitrogen and oxygen atoms in total. The molecule has 0 amide bonds. The standard InChI is InChI=1S/C14H18N2O4S/c1-3-9-16-21(18,19)12-7-5-11(6-8-12)13(10-15)14(17)20-4-2/h5-8,13,16H,3-4,9H2,1-2H3. The number of hydrogen-bond acceptors (Lipinski definition) is 5. The molecule has 1 aromatic rings. The molecule has 0 heterocycles. The van der Waals surface area contributed by atoms with Gasteiger partial charge in [-0.3, -0.25) is 4.79 Å². The fourth-order valence-corrected chi connectivity index (χ4v) is 2.78. The zero-order valence-electron chi connectivity index (χ0n) is 12.0. The molecule has 0 saturated carbocycles. The van der Waals surface area contributed by atoms with Crippen LogP contribution >= 0.6 is 0 Å². The molecule has 0 spiro atoms. The van der Waals surface area contributed by atoms with Gasteiger partial charge in [0.15, 0.2) is 5.92 Å². The minimum absolute atomic E-state index is 0.0975. The molecule has 0 aliphatic heterocycles. The number of hydrogen-bond donors (Lipinski definition) is 1. The van der Waals surface area contributed by atoms with Crippen molar-refractivity contribution in [1.82, 2.24) is 4.72 Å². The van der Waals surface area contributed by atoms with Crippen LogP contribution in [0.3, 0.4) is 0 Å². The highest BCUT2D eigenvalue weighted by molar-refractivity contribution is 7.89. The van der Waals surface area contributed by atoms with Crippen LogP contribution in [0, 0.1) is 11.3 Å². The van der Waals surface area contributed by atoms with Gasteiger partial charge in [-0.15, -0.1) is 0 Å². The first-order valence-corrected chi connectivity index (χ1v) is 8.10. The van der Waals surface area contributed by atoms with Gasteiger partial charge in [0.2, 0.25) is 10.0 Å². The predicted octanol–water partition coefficient (Wildman–Crippen LogP) is 1.55. The van der Waals surface area contributed by atoms with E-state index in [0.717, 1.165) is 0 Å². The number of benzene rings is 1. The first-order chi connectivity index (χ1) is 9.96. The van der Waals surface area contributed by atoms with Gasteiger partial charge in [-0.1, -0.05) is 19.1 Å². The van der Waals surface area contributed by atoms with E-state index in [1.165, 1.54) is 24.3 Å². The fraction of sp³-hybridized carbons (Fsp3) is 0.429. The Morgan fingerprint density at radius 1 is 1.33 bits per heavy atom. The molecule has 0 fully saturated rings. The average molecular weight is 310 g/mol. The highest BCUT2D eigenvalue weighted by Gasteiger charge is 2.22. The molecule has 1 unspecified atom stereocenters. The van der Waals surface area contributed by atoms with Crippen LogP contribution in [0.2, 0.25) is 0 Å². The summed E-state index contributed by atoms with van der Waals surface area (Å²) in [6.07, 6.45) is 0.691. The van der Waals surface area contributed by atoms with E-state index < -0.39 is 21.9 Å². The molecule has 7 heteroatoms. The fourth-order valence-electron chi connectivity index (χ4n) is 1.65. The largest absolute Gasteiger partial charge is 0.465 e. The summed E-state index contributed by atoms with van der Waals surface area (Å²) in [5, 5.41) is 9.04. The van der Waals surface area contributed by atoms with Crippen molar-refractivity contribution < 1.29 is 17.9 Å². The van der Waals surface area contributed by atoms with Gasteiger partial charge < -0.3 is 4.74 Å². The van der Waals surface area contributed by atoms with Crippen molar-refractivity contribution in [2.45, 2.75) is 31.1 Å². The number of ether oxygens (including phenoxy) is 1. The molecular weight excluding hydrogens is 292 g/mol. The molecule has 0 aliphatic carbocycles. The smallest absolute Gasteiger partial charge is 0.327 e. The topological polar surface area (TPSA) is 96.3 Å². The van der Waals surface area contributed by atoms with Gasteiger partial charge in [0.05, 0.1) is 17.6 Å². The minimum Gasteiger partial charge on any atom is -0.465 e. The van der Waals surface area contributed by atoms with E-state index in [9.17, 15) is 13.2 Å². The van der Waals surface area contributed by atoms with Gasteiger partial charge in [-0.2, -0.15) is 5.26 Å². The van der Waals surface area contributed by atoms with Crippen molar-refractivity contribution in [2.24, 2.45) is 0 Å². The maximum atomic E-state index is 11.9. The van der Waals surface area contributed by atoms with Gasteiger partial charge >= 0.3 is 5.97 Å². The Kier molecular flexibility index (Phi) is 6.34. The molecular formula is C14H18N2O4S. The number of carbonyl (C=O) groups is 1. The second-order valence-corrected chi connectivity index (χ2v) is 6.05.